The summed E-state index contributed by atoms with van der Waals surface area (Å²) in [6.45, 7) is 3.86. The Labute approximate surface area is 147 Å². The van der Waals surface area contributed by atoms with Crippen molar-refractivity contribution in [2.75, 3.05) is 13.7 Å². The second-order valence-electron chi connectivity index (χ2n) is 5.16. The normalized spacial score (nSPS) is 10.9. The van der Waals surface area contributed by atoms with E-state index in [0.717, 1.165) is 5.56 Å². The Hall–Kier alpha value is -2.64. The molecule has 2 aromatic rings. The molecule has 0 bridgehead atoms. The Morgan fingerprint density at radius 1 is 1.20 bits per heavy atom. The van der Waals surface area contributed by atoms with E-state index in [0.29, 0.717) is 5.75 Å². The maximum atomic E-state index is 12.3. The van der Waals surface area contributed by atoms with E-state index in [2.05, 4.69) is 16.6 Å². The number of hydrogen-bond acceptors (Lipinski definition) is 4. The summed E-state index contributed by atoms with van der Waals surface area (Å²) in [5.74, 6) is 0.305. The van der Waals surface area contributed by atoms with Crippen molar-refractivity contribution in [3.63, 3.8) is 0 Å². The van der Waals surface area contributed by atoms with Crippen LogP contribution in [0, 0.1) is 0 Å². The van der Waals surface area contributed by atoms with Crippen molar-refractivity contribution in [3.8, 4) is 5.75 Å². The van der Waals surface area contributed by atoms with Gasteiger partial charge in [0.1, 0.15) is 5.75 Å². The second kappa shape index (κ2) is 8.46. The van der Waals surface area contributed by atoms with E-state index >= 15 is 0 Å². The van der Waals surface area contributed by atoms with E-state index in [-0.39, 0.29) is 29.5 Å². The molecule has 0 aliphatic heterocycles. The molecule has 0 radical (unpaired) electrons. The number of para-hydroxylation sites is 1. The largest absolute Gasteiger partial charge is 0.496 e. The van der Waals surface area contributed by atoms with Gasteiger partial charge in [0.25, 0.3) is 5.91 Å². The summed E-state index contributed by atoms with van der Waals surface area (Å²) in [5, 5.41) is 2.76. The molecule has 2 N–H and O–H groups in total. The molecule has 132 valence electrons. The molecule has 0 spiro atoms. The first-order valence-corrected chi connectivity index (χ1v) is 9.07. The molecular weight excluding hydrogens is 340 g/mol. The fourth-order valence-electron chi connectivity index (χ4n) is 2.18. The lowest BCUT2D eigenvalue weighted by molar-refractivity contribution is 0.0950. The molecule has 2 rings (SSSR count). The van der Waals surface area contributed by atoms with Gasteiger partial charge in [-0.25, -0.2) is 13.1 Å². The van der Waals surface area contributed by atoms with Gasteiger partial charge in [-0.15, -0.1) is 6.58 Å². The monoisotopic (exact) mass is 360 g/mol. The van der Waals surface area contributed by atoms with Gasteiger partial charge >= 0.3 is 0 Å². The lowest BCUT2D eigenvalue weighted by Gasteiger charge is -2.10. The smallest absolute Gasteiger partial charge is 0.251 e. The molecular formula is C18H20N2O4S. The molecule has 0 aliphatic carbocycles. The van der Waals surface area contributed by atoms with Crippen LogP contribution < -0.4 is 14.8 Å². The minimum atomic E-state index is -3.68. The van der Waals surface area contributed by atoms with Crippen LogP contribution in [0.2, 0.25) is 0 Å². The summed E-state index contributed by atoms with van der Waals surface area (Å²) in [5.41, 5.74) is 1.09. The third-order valence-corrected chi connectivity index (χ3v) is 4.88. The summed E-state index contributed by atoms with van der Waals surface area (Å²) in [6.07, 6.45) is 1.45. The molecule has 0 atom stereocenters. The number of ether oxygens (including phenoxy) is 1. The minimum absolute atomic E-state index is 0.0271. The topological polar surface area (TPSA) is 84.5 Å². The molecule has 0 heterocycles. The van der Waals surface area contributed by atoms with Gasteiger partial charge in [0.2, 0.25) is 10.0 Å². The van der Waals surface area contributed by atoms with Crippen LogP contribution in [0.25, 0.3) is 0 Å². The number of sulfonamides is 1. The average Bonchev–Trinajstić information content (AvgIpc) is 2.64. The zero-order valence-corrected chi connectivity index (χ0v) is 14.7. The van der Waals surface area contributed by atoms with Crippen LogP contribution in [0.4, 0.5) is 0 Å². The fourth-order valence-corrected chi connectivity index (χ4v) is 3.23. The van der Waals surface area contributed by atoms with E-state index in [1.807, 2.05) is 18.2 Å². The molecule has 0 unspecified atom stereocenters. The summed E-state index contributed by atoms with van der Waals surface area (Å²) in [4.78, 5) is 12.4. The molecule has 25 heavy (non-hydrogen) atoms. The summed E-state index contributed by atoms with van der Waals surface area (Å²) < 4.78 is 31.9. The molecule has 1 amide bonds. The number of rotatable bonds is 8. The summed E-state index contributed by atoms with van der Waals surface area (Å²) in [7, 11) is -2.12. The van der Waals surface area contributed by atoms with Gasteiger partial charge in [0.05, 0.1) is 12.0 Å². The second-order valence-corrected chi connectivity index (χ2v) is 6.93. The third-order valence-electron chi connectivity index (χ3n) is 3.46. The quantitative estimate of drug-likeness (QED) is 0.706. The average molecular weight is 360 g/mol. The number of carbonyl (C=O) groups excluding carboxylic acids is 1. The molecule has 0 aliphatic rings. The van der Waals surface area contributed by atoms with Crippen molar-refractivity contribution < 1.29 is 17.9 Å². The molecule has 6 nitrogen and oxygen atoms in total. The molecule has 7 heteroatoms. The van der Waals surface area contributed by atoms with Gasteiger partial charge in [0.15, 0.2) is 0 Å². The zero-order valence-electron chi connectivity index (χ0n) is 13.9. The summed E-state index contributed by atoms with van der Waals surface area (Å²) >= 11 is 0. The van der Waals surface area contributed by atoms with Crippen molar-refractivity contribution in [2.45, 2.75) is 11.4 Å². The predicted octanol–water partition coefficient (Wildman–Crippen LogP) is 2.09. The van der Waals surface area contributed by atoms with Crippen molar-refractivity contribution in [1.82, 2.24) is 10.0 Å². The van der Waals surface area contributed by atoms with Gasteiger partial charge in [-0.3, -0.25) is 4.79 Å². The number of benzene rings is 2. The lowest BCUT2D eigenvalue weighted by atomic mass is 10.2. The molecule has 0 saturated heterocycles. The fraction of sp³-hybridized carbons (Fsp3) is 0.167. The van der Waals surface area contributed by atoms with Crippen LogP contribution in [0.5, 0.6) is 5.75 Å². The summed E-state index contributed by atoms with van der Waals surface area (Å²) in [6, 6.07) is 13.2. The minimum Gasteiger partial charge on any atom is -0.496 e. The molecule has 0 aromatic heterocycles. The van der Waals surface area contributed by atoms with Gasteiger partial charge < -0.3 is 10.1 Å². The Morgan fingerprint density at radius 2 is 1.96 bits per heavy atom. The Morgan fingerprint density at radius 3 is 2.68 bits per heavy atom. The van der Waals surface area contributed by atoms with Crippen LogP contribution >= 0.6 is 0 Å². The van der Waals surface area contributed by atoms with Crippen LogP contribution in [0.1, 0.15) is 15.9 Å². The van der Waals surface area contributed by atoms with Crippen LogP contribution in [0.15, 0.2) is 66.1 Å². The number of amides is 1. The van der Waals surface area contributed by atoms with Crippen LogP contribution in [-0.2, 0) is 16.6 Å². The highest BCUT2D eigenvalue weighted by atomic mass is 32.2. The van der Waals surface area contributed by atoms with Crippen LogP contribution in [-0.4, -0.2) is 28.0 Å². The maximum absolute atomic E-state index is 12.3. The molecule has 0 saturated carbocycles. The Bertz CT molecular complexity index is 863. The van der Waals surface area contributed by atoms with Crippen molar-refractivity contribution in [1.29, 1.82) is 0 Å². The number of carbonyl (C=O) groups is 1. The van der Waals surface area contributed by atoms with Crippen molar-refractivity contribution in [2.24, 2.45) is 0 Å². The van der Waals surface area contributed by atoms with E-state index < -0.39 is 10.0 Å². The van der Waals surface area contributed by atoms with E-state index in [4.69, 9.17) is 4.74 Å². The SMILES string of the molecule is C=CCNS(=O)(=O)c1cccc(C(=O)NCc2ccccc2OC)c1. The van der Waals surface area contributed by atoms with E-state index in [1.165, 1.54) is 24.3 Å². The maximum Gasteiger partial charge on any atom is 0.251 e. The number of hydrogen-bond donors (Lipinski definition) is 2. The first kappa shape index (κ1) is 18.7. The number of methoxy groups -OCH3 is 1. The van der Waals surface area contributed by atoms with Gasteiger partial charge in [-0.05, 0) is 24.3 Å². The van der Waals surface area contributed by atoms with Gasteiger partial charge in [-0.2, -0.15) is 0 Å². The third kappa shape index (κ3) is 4.91. The highest BCUT2D eigenvalue weighted by molar-refractivity contribution is 7.89. The van der Waals surface area contributed by atoms with Crippen molar-refractivity contribution >= 4 is 15.9 Å². The molecule has 2 aromatic carbocycles. The van der Waals surface area contributed by atoms with Gasteiger partial charge in [-0.1, -0.05) is 30.3 Å². The highest BCUT2D eigenvalue weighted by Gasteiger charge is 2.15. The standard InChI is InChI=1S/C18H20N2O4S/c1-3-11-20-25(22,23)16-9-6-8-14(12-16)18(21)19-13-15-7-4-5-10-17(15)24-2/h3-10,12,20H,1,11,13H2,2H3,(H,19,21). The van der Waals surface area contributed by atoms with Gasteiger partial charge in [0, 0.05) is 24.2 Å². The van der Waals surface area contributed by atoms with Crippen molar-refractivity contribution in [3.05, 3.63) is 72.3 Å². The van der Waals surface area contributed by atoms with E-state index in [1.54, 1.807) is 19.2 Å². The molecule has 0 fully saturated rings. The predicted molar refractivity (Wildman–Crippen MR) is 96.0 cm³/mol. The first-order valence-electron chi connectivity index (χ1n) is 7.58. The first-order chi connectivity index (χ1) is 12.0. The van der Waals surface area contributed by atoms with E-state index in [9.17, 15) is 13.2 Å². The highest BCUT2D eigenvalue weighted by Crippen LogP contribution is 2.17. The Kier molecular flexibility index (Phi) is 6.32. The Balaban J connectivity index is 2.12. The zero-order chi connectivity index (χ0) is 18.3. The number of nitrogens with one attached hydrogen (secondary N) is 2. The lowest BCUT2D eigenvalue weighted by Crippen LogP contribution is -2.25. The van der Waals surface area contributed by atoms with Crippen LogP contribution in [0.3, 0.4) is 0 Å².